The molecule has 0 saturated heterocycles. The van der Waals surface area contributed by atoms with Gasteiger partial charge in [0.2, 0.25) is 0 Å². The van der Waals surface area contributed by atoms with Crippen LogP contribution in [0.5, 0.6) is 0 Å². The molecule has 0 fully saturated rings. The zero-order chi connectivity index (χ0) is 22.1. The molecule has 0 aliphatic heterocycles. The minimum atomic E-state index is -3.69. The van der Waals surface area contributed by atoms with Crippen LogP contribution in [0.2, 0.25) is 0 Å². The summed E-state index contributed by atoms with van der Waals surface area (Å²) in [6.07, 6.45) is 2.90. The summed E-state index contributed by atoms with van der Waals surface area (Å²) >= 11 is 0. The van der Waals surface area contributed by atoms with Gasteiger partial charge in [-0.1, -0.05) is 30.3 Å². The van der Waals surface area contributed by atoms with Gasteiger partial charge in [-0.2, -0.15) is 0 Å². The molecule has 0 radical (unpaired) electrons. The standard InChI is InChI=1S/C22H21N3O5S/c26-21(23-13-14-24-22(27)20-7-4-15-30-20)18-8-10-19(11-9-18)25-31(28,29)16-12-17-5-2-1-3-6-17/h1-12,15-16,25H,13-14H2,(H,23,26)(H,24,27)/b16-12+. The molecule has 1 aromatic heterocycles. The summed E-state index contributed by atoms with van der Waals surface area (Å²) in [5.41, 5.74) is 1.46. The van der Waals surface area contributed by atoms with Gasteiger partial charge in [0.15, 0.2) is 5.76 Å². The number of benzene rings is 2. The van der Waals surface area contributed by atoms with E-state index < -0.39 is 10.0 Å². The molecule has 2 aromatic carbocycles. The summed E-state index contributed by atoms with van der Waals surface area (Å²) < 4.78 is 31.8. The third-order valence-electron chi connectivity index (χ3n) is 4.09. The van der Waals surface area contributed by atoms with Crippen molar-refractivity contribution in [3.05, 3.63) is 95.3 Å². The van der Waals surface area contributed by atoms with E-state index in [1.807, 2.05) is 18.2 Å². The lowest BCUT2D eigenvalue weighted by Gasteiger charge is -2.08. The monoisotopic (exact) mass is 439 g/mol. The van der Waals surface area contributed by atoms with E-state index in [9.17, 15) is 18.0 Å². The molecule has 9 heteroatoms. The Labute approximate surface area is 180 Å². The van der Waals surface area contributed by atoms with Gasteiger partial charge in [0.05, 0.1) is 11.7 Å². The molecule has 8 nitrogen and oxygen atoms in total. The summed E-state index contributed by atoms with van der Waals surface area (Å²) in [4.78, 5) is 23.9. The molecule has 1 heterocycles. The second kappa shape index (κ2) is 10.3. The van der Waals surface area contributed by atoms with Crippen LogP contribution in [0.15, 0.2) is 82.8 Å². The van der Waals surface area contributed by atoms with Gasteiger partial charge in [-0.05, 0) is 48.0 Å². The maximum atomic E-state index is 12.2. The molecule has 0 bridgehead atoms. The first kappa shape index (κ1) is 21.8. The Morgan fingerprint density at radius 1 is 0.839 bits per heavy atom. The number of rotatable bonds is 9. The third-order valence-corrected chi connectivity index (χ3v) is 5.10. The highest BCUT2D eigenvalue weighted by molar-refractivity contribution is 7.95. The maximum absolute atomic E-state index is 12.2. The van der Waals surface area contributed by atoms with Gasteiger partial charge in [0, 0.05) is 24.3 Å². The van der Waals surface area contributed by atoms with E-state index in [0.29, 0.717) is 11.3 Å². The van der Waals surface area contributed by atoms with Crippen molar-refractivity contribution in [2.75, 3.05) is 17.8 Å². The van der Waals surface area contributed by atoms with E-state index >= 15 is 0 Å². The summed E-state index contributed by atoms with van der Waals surface area (Å²) in [7, 11) is -3.69. The van der Waals surface area contributed by atoms with Gasteiger partial charge in [0.25, 0.3) is 21.8 Å². The fraction of sp³-hybridized carbons (Fsp3) is 0.0909. The first-order chi connectivity index (χ1) is 14.9. The first-order valence-corrected chi connectivity index (χ1v) is 10.9. The molecule has 2 amide bonds. The Hall–Kier alpha value is -3.85. The predicted octanol–water partition coefficient (Wildman–Crippen LogP) is 2.85. The second-order valence-electron chi connectivity index (χ2n) is 6.43. The molecule has 0 spiro atoms. The molecule has 3 aromatic rings. The minimum Gasteiger partial charge on any atom is -0.459 e. The smallest absolute Gasteiger partial charge is 0.287 e. The van der Waals surface area contributed by atoms with Gasteiger partial charge < -0.3 is 15.1 Å². The van der Waals surface area contributed by atoms with Gasteiger partial charge in [-0.25, -0.2) is 8.42 Å². The highest BCUT2D eigenvalue weighted by Gasteiger charge is 2.10. The van der Waals surface area contributed by atoms with Crippen LogP contribution < -0.4 is 15.4 Å². The van der Waals surface area contributed by atoms with Crippen LogP contribution in [0, 0.1) is 0 Å². The average molecular weight is 439 g/mol. The summed E-state index contributed by atoms with van der Waals surface area (Å²) in [5, 5.41) is 6.37. The highest BCUT2D eigenvalue weighted by atomic mass is 32.2. The number of hydrogen-bond donors (Lipinski definition) is 3. The third kappa shape index (κ3) is 6.86. The van der Waals surface area contributed by atoms with Gasteiger partial charge in [-0.3, -0.25) is 14.3 Å². The van der Waals surface area contributed by atoms with E-state index in [4.69, 9.17) is 4.42 Å². The largest absolute Gasteiger partial charge is 0.459 e. The van der Waals surface area contributed by atoms with Crippen LogP contribution in [0.4, 0.5) is 5.69 Å². The average Bonchev–Trinajstić information content (AvgIpc) is 3.31. The van der Waals surface area contributed by atoms with E-state index in [2.05, 4.69) is 15.4 Å². The maximum Gasteiger partial charge on any atom is 0.287 e. The Morgan fingerprint density at radius 3 is 2.16 bits per heavy atom. The van der Waals surface area contributed by atoms with Crippen LogP contribution in [0.25, 0.3) is 6.08 Å². The summed E-state index contributed by atoms with van der Waals surface area (Å²) in [6, 6.07) is 18.2. The van der Waals surface area contributed by atoms with Crippen LogP contribution in [-0.4, -0.2) is 33.3 Å². The summed E-state index contributed by atoms with van der Waals surface area (Å²) in [5.74, 6) is -0.509. The van der Waals surface area contributed by atoms with Crippen molar-refractivity contribution in [3.8, 4) is 0 Å². The van der Waals surface area contributed by atoms with Crippen molar-refractivity contribution in [2.24, 2.45) is 0 Å². The predicted molar refractivity (Wildman–Crippen MR) is 118 cm³/mol. The minimum absolute atomic E-state index is 0.197. The second-order valence-corrected chi connectivity index (χ2v) is 7.99. The van der Waals surface area contributed by atoms with E-state index in [-0.39, 0.29) is 30.7 Å². The zero-order valence-electron chi connectivity index (χ0n) is 16.4. The SMILES string of the molecule is O=C(NCCNC(=O)c1ccco1)c1ccc(NS(=O)(=O)/C=C/c2ccccc2)cc1. The number of carbonyl (C=O) groups is 2. The summed E-state index contributed by atoms with van der Waals surface area (Å²) in [6.45, 7) is 0.459. The number of sulfonamides is 1. The molecule has 0 aliphatic rings. The van der Waals surface area contributed by atoms with E-state index in [1.165, 1.54) is 36.6 Å². The lowest BCUT2D eigenvalue weighted by atomic mass is 10.2. The van der Waals surface area contributed by atoms with Gasteiger partial charge in [-0.15, -0.1) is 0 Å². The molecular weight excluding hydrogens is 418 g/mol. The quantitative estimate of drug-likeness (QED) is 0.443. The van der Waals surface area contributed by atoms with Crippen molar-refractivity contribution < 1.29 is 22.4 Å². The number of furan rings is 1. The Morgan fingerprint density at radius 2 is 1.52 bits per heavy atom. The van der Waals surface area contributed by atoms with Crippen molar-refractivity contribution in [1.82, 2.24) is 10.6 Å². The molecule has 0 atom stereocenters. The topological polar surface area (TPSA) is 118 Å². The van der Waals surface area contributed by atoms with E-state index in [0.717, 1.165) is 11.0 Å². The van der Waals surface area contributed by atoms with Gasteiger partial charge in [0.1, 0.15) is 0 Å². The molecular formula is C22H21N3O5S. The van der Waals surface area contributed by atoms with Crippen LogP contribution >= 0.6 is 0 Å². The first-order valence-electron chi connectivity index (χ1n) is 9.39. The Bertz CT molecular complexity index is 1140. The normalized spacial score (nSPS) is 11.2. The van der Waals surface area contributed by atoms with Crippen molar-refractivity contribution in [1.29, 1.82) is 0 Å². The van der Waals surface area contributed by atoms with Crippen LogP contribution in [0.3, 0.4) is 0 Å². The molecule has 3 rings (SSSR count). The molecule has 3 N–H and O–H groups in total. The number of carbonyl (C=O) groups excluding carboxylic acids is 2. The number of anilines is 1. The highest BCUT2D eigenvalue weighted by Crippen LogP contribution is 2.13. The lowest BCUT2D eigenvalue weighted by Crippen LogP contribution is -2.34. The van der Waals surface area contributed by atoms with Crippen molar-refractivity contribution >= 4 is 33.6 Å². The number of hydrogen-bond acceptors (Lipinski definition) is 5. The number of nitrogens with one attached hydrogen (secondary N) is 3. The fourth-order valence-corrected chi connectivity index (χ4v) is 3.44. The molecule has 0 unspecified atom stereocenters. The fourth-order valence-electron chi connectivity index (χ4n) is 2.57. The Kier molecular flexibility index (Phi) is 7.23. The van der Waals surface area contributed by atoms with E-state index in [1.54, 1.807) is 24.3 Å². The van der Waals surface area contributed by atoms with Crippen molar-refractivity contribution in [2.45, 2.75) is 0 Å². The zero-order valence-corrected chi connectivity index (χ0v) is 17.3. The van der Waals surface area contributed by atoms with Crippen LogP contribution in [0.1, 0.15) is 26.5 Å². The number of amides is 2. The molecule has 31 heavy (non-hydrogen) atoms. The van der Waals surface area contributed by atoms with Crippen LogP contribution in [-0.2, 0) is 10.0 Å². The van der Waals surface area contributed by atoms with Crippen molar-refractivity contribution in [3.63, 3.8) is 0 Å². The molecule has 0 aliphatic carbocycles. The molecule has 0 saturated carbocycles. The Balaban J connectivity index is 1.47. The molecule has 160 valence electrons. The lowest BCUT2D eigenvalue weighted by molar-refractivity contribution is 0.0910. The van der Waals surface area contributed by atoms with Gasteiger partial charge >= 0.3 is 0 Å².